The Kier molecular flexibility index (Phi) is 5.88. The molecule has 0 aliphatic carbocycles. The fourth-order valence-electron chi connectivity index (χ4n) is 2.56. The van der Waals surface area contributed by atoms with Gasteiger partial charge in [0.25, 0.3) is 5.91 Å². The Morgan fingerprint density at radius 3 is 2.55 bits per heavy atom. The number of amides is 1. The second-order valence-electron chi connectivity index (χ2n) is 5.22. The first-order valence-corrected chi connectivity index (χ1v) is 10.2. The number of piperidine rings is 1. The van der Waals surface area contributed by atoms with E-state index in [1.165, 1.54) is 17.8 Å². The molecule has 1 heterocycles. The van der Waals surface area contributed by atoms with E-state index in [-0.39, 0.29) is 10.8 Å². The number of rotatable bonds is 5. The van der Waals surface area contributed by atoms with Gasteiger partial charge in [-0.2, -0.15) is 0 Å². The van der Waals surface area contributed by atoms with Crippen LogP contribution in [0.3, 0.4) is 0 Å². The topological polar surface area (TPSA) is 66.5 Å². The molecule has 0 spiro atoms. The Morgan fingerprint density at radius 2 is 1.95 bits per heavy atom. The standard InChI is InChI=1S/C15H22N2O3S2/c1-3-16-22(19,20)12-7-8-14(21-2)13(11-12)15(18)17-9-5-4-6-10-17/h7-8,11,16H,3-6,9-10H2,1-2H3. The number of likely N-dealkylation sites (tertiary alicyclic amines) is 1. The Bertz CT molecular complexity index is 638. The minimum Gasteiger partial charge on any atom is -0.339 e. The van der Waals surface area contributed by atoms with E-state index in [2.05, 4.69) is 4.72 Å². The quantitative estimate of drug-likeness (QED) is 0.834. The van der Waals surface area contributed by atoms with Gasteiger partial charge >= 0.3 is 0 Å². The average Bonchev–Trinajstić information content (AvgIpc) is 2.54. The number of nitrogens with zero attached hydrogens (tertiary/aromatic N) is 1. The van der Waals surface area contributed by atoms with Crippen LogP contribution in [0.15, 0.2) is 28.0 Å². The van der Waals surface area contributed by atoms with Crippen LogP contribution in [-0.4, -0.2) is 45.1 Å². The van der Waals surface area contributed by atoms with Crippen LogP contribution in [0.4, 0.5) is 0 Å². The van der Waals surface area contributed by atoms with Crippen LogP contribution in [0.25, 0.3) is 0 Å². The molecule has 1 aliphatic heterocycles. The van der Waals surface area contributed by atoms with Crippen molar-refractivity contribution in [2.45, 2.75) is 36.0 Å². The molecule has 5 nitrogen and oxygen atoms in total. The van der Waals surface area contributed by atoms with E-state index < -0.39 is 10.0 Å². The number of thioether (sulfide) groups is 1. The van der Waals surface area contributed by atoms with Gasteiger partial charge in [0.2, 0.25) is 10.0 Å². The lowest BCUT2D eigenvalue weighted by molar-refractivity contribution is 0.0720. The Balaban J connectivity index is 2.38. The molecule has 1 fully saturated rings. The predicted molar refractivity (Wildman–Crippen MR) is 88.8 cm³/mol. The zero-order valence-corrected chi connectivity index (χ0v) is 14.6. The summed E-state index contributed by atoms with van der Waals surface area (Å²) >= 11 is 1.46. The first-order valence-electron chi connectivity index (χ1n) is 7.46. The summed E-state index contributed by atoms with van der Waals surface area (Å²) in [5.41, 5.74) is 0.480. The van der Waals surface area contributed by atoms with Crippen LogP contribution < -0.4 is 4.72 Å². The highest BCUT2D eigenvalue weighted by atomic mass is 32.2. The average molecular weight is 342 g/mol. The molecule has 2 rings (SSSR count). The van der Waals surface area contributed by atoms with Gasteiger partial charge in [0, 0.05) is 24.5 Å². The number of benzene rings is 1. The van der Waals surface area contributed by atoms with Crippen molar-refractivity contribution in [3.63, 3.8) is 0 Å². The molecule has 22 heavy (non-hydrogen) atoms. The minimum absolute atomic E-state index is 0.0717. The van der Waals surface area contributed by atoms with Crippen LogP contribution >= 0.6 is 11.8 Å². The monoisotopic (exact) mass is 342 g/mol. The van der Waals surface area contributed by atoms with E-state index in [0.717, 1.165) is 37.2 Å². The fraction of sp³-hybridized carbons (Fsp3) is 0.533. The smallest absolute Gasteiger partial charge is 0.255 e. The highest BCUT2D eigenvalue weighted by Gasteiger charge is 2.23. The lowest BCUT2D eigenvalue weighted by Gasteiger charge is -2.27. The van der Waals surface area contributed by atoms with Crippen molar-refractivity contribution in [1.82, 2.24) is 9.62 Å². The maximum Gasteiger partial charge on any atom is 0.255 e. The van der Waals surface area contributed by atoms with Gasteiger partial charge in [0.1, 0.15) is 0 Å². The molecule has 1 amide bonds. The summed E-state index contributed by atoms with van der Waals surface area (Å²) in [6.45, 7) is 3.54. The normalized spacial score (nSPS) is 15.8. The maximum atomic E-state index is 12.7. The van der Waals surface area contributed by atoms with Crippen molar-refractivity contribution in [3.05, 3.63) is 23.8 Å². The molecule has 0 aromatic heterocycles. The van der Waals surface area contributed by atoms with E-state index in [9.17, 15) is 13.2 Å². The number of nitrogens with one attached hydrogen (secondary N) is 1. The van der Waals surface area contributed by atoms with Crippen LogP contribution in [0.1, 0.15) is 36.5 Å². The maximum absolute atomic E-state index is 12.7. The molecule has 0 saturated carbocycles. The summed E-state index contributed by atoms with van der Waals surface area (Å²) < 4.78 is 26.7. The largest absolute Gasteiger partial charge is 0.339 e. The van der Waals surface area contributed by atoms with E-state index in [1.54, 1.807) is 19.1 Å². The van der Waals surface area contributed by atoms with E-state index in [0.29, 0.717) is 12.1 Å². The predicted octanol–water partition coefficient (Wildman–Crippen LogP) is 2.33. The SMILES string of the molecule is CCNS(=O)(=O)c1ccc(SC)c(C(=O)N2CCCCC2)c1. The molecule has 0 atom stereocenters. The first kappa shape index (κ1) is 17.3. The molecule has 0 unspecified atom stereocenters. The molecule has 0 bridgehead atoms. The molecule has 7 heteroatoms. The zero-order valence-electron chi connectivity index (χ0n) is 13.0. The third-order valence-electron chi connectivity index (χ3n) is 3.69. The summed E-state index contributed by atoms with van der Waals surface area (Å²) in [6, 6.07) is 4.77. The van der Waals surface area contributed by atoms with Crippen LogP contribution in [0.5, 0.6) is 0 Å². The van der Waals surface area contributed by atoms with Crippen LogP contribution in [0, 0.1) is 0 Å². The molecule has 1 saturated heterocycles. The van der Waals surface area contributed by atoms with Gasteiger partial charge in [-0.15, -0.1) is 11.8 Å². The third-order valence-corrected chi connectivity index (χ3v) is 6.03. The van der Waals surface area contributed by atoms with E-state index in [1.807, 2.05) is 11.2 Å². The fourth-order valence-corrected chi connectivity index (χ4v) is 4.20. The number of hydrogen-bond acceptors (Lipinski definition) is 4. The van der Waals surface area contributed by atoms with Gasteiger partial charge in [0.05, 0.1) is 10.5 Å². The second-order valence-corrected chi connectivity index (χ2v) is 7.83. The summed E-state index contributed by atoms with van der Waals surface area (Å²) in [5, 5.41) is 0. The second kappa shape index (κ2) is 7.48. The first-order chi connectivity index (χ1) is 10.5. The number of carbonyl (C=O) groups excluding carboxylic acids is 1. The highest BCUT2D eigenvalue weighted by Crippen LogP contribution is 2.26. The summed E-state index contributed by atoms with van der Waals surface area (Å²) in [7, 11) is -3.55. The summed E-state index contributed by atoms with van der Waals surface area (Å²) in [6.07, 6.45) is 5.06. The molecule has 0 radical (unpaired) electrons. The number of carbonyl (C=O) groups is 1. The van der Waals surface area contributed by atoms with Crippen molar-refractivity contribution in [3.8, 4) is 0 Å². The van der Waals surface area contributed by atoms with E-state index >= 15 is 0 Å². The van der Waals surface area contributed by atoms with Gasteiger partial charge in [-0.05, 0) is 43.7 Å². The van der Waals surface area contributed by atoms with Crippen molar-refractivity contribution >= 4 is 27.7 Å². The van der Waals surface area contributed by atoms with Crippen molar-refractivity contribution in [1.29, 1.82) is 0 Å². The molecule has 1 aromatic carbocycles. The number of sulfonamides is 1. The summed E-state index contributed by atoms with van der Waals surface area (Å²) in [5.74, 6) is -0.0717. The lowest BCUT2D eigenvalue weighted by atomic mass is 10.1. The molecule has 1 aromatic rings. The lowest BCUT2D eigenvalue weighted by Crippen LogP contribution is -2.36. The highest BCUT2D eigenvalue weighted by molar-refractivity contribution is 7.98. The van der Waals surface area contributed by atoms with E-state index in [4.69, 9.17) is 0 Å². The van der Waals surface area contributed by atoms with Crippen molar-refractivity contribution < 1.29 is 13.2 Å². The Hall–Kier alpha value is -1.05. The van der Waals surface area contributed by atoms with Crippen LogP contribution in [-0.2, 0) is 10.0 Å². The van der Waals surface area contributed by atoms with Crippen LogP contribution in [0.2, 0.25) is 0 Å². The van der Waals surface area contributed by atoms with Gasteiger partial charge < -0.3 is 4.90 Å². The number of hydrogen-bond donors (Lipinski definition) is 1. The van der Waals surface area contributed by atoms with Gasteiger partial charge in [-0.1, -0.05) is 6.92 Å². The van der Waals surface area contributed by atoms with Crippen molar-refractivity contribution in [2.75, 3.05) is 25.9 Å². The molecule has 1 aliphatic rings. The molecule has 1 N–H and O–H groups in total. The van der Waals surface area contributed by atoms with Gasteiger partial charge in [-0.3, -0.25) is 4.79 Å². The van der Waals surface area contributed by atoms with Crippen molar-refractivity contribution in [2.24, 2.45) is 0 Å². The zero-order chi connectivity index (χ0) is 16.2. The minimum atomic E-state index is -3.55. The summed E-state index contributed by atoms with van der Waals surface area (Å²) in [4.78, 5) is 15.5. The van der Waals surface area contributed by atoms with Gasteiger partial charge in [0.15, 0.2) is 0 Å². The molecular formula is C15H22N2O3S2. The molecular weight excluding hydrogens is 320 g/mol. The third kappa shape index (κ3) is 3.83. The Labute approximate surface area is 136 Å². The molecule has 122 valence electrons. The Morgan fingerprint density at radius 1 is 1.27 bits per heavy atom. The van der Waals surface area contributed by atoms with Gasteiger partial charge in [-0.25, -0.2) is 13.1 Å².